The van der Waals surface area contributed by atoms with Gasteiger partial charge in [-0.25, -0.2) is 0 Å². The summed E-state index contributed by atoms with van der Waals surface area (Å²) in [5.74, 6) is -0.465. The Morgan fingerprint density at radius 3 is 2.56 bits per heavy atom. The number of phenols is 1. The minimum atomic E-state index is -0.316. The molecule has 1 saturated heterocycles. The number of nitrogens with zero attached hydrogens (tertiary/aromatic N) is 1. The van der Waals surface area contributed by atoms with Crippen molar-refractivity contribution in [2.45, 2.75) is 13.8 Å². The molecule has 2 N–H and O–H groups in total. The standard InChI is InChI=1S/C18H14Cl2N2O2S/c1-9-3-4-13(5-10(9)2)22-17(24)15(21-18(22)25)7-11-6-12(19)8-14(20)16(11)23/h3-8,23H,1-2H3,(H,21,25)/b15-7-. The first kappa shape index (κ1) is 17.7. The molecule has 0 atom stereocenters. The highest BCUT2D eigenvalue weighted by Crippen LogP contribution is 2.33. The van der Waals surface area contributed by atoms with Gasteiger partial charge >= 0.3 is 0 Å². The number of benzene rings is 2. The lowest BCUT2D eigenvalue weighted by molar-refractivity contribution is -0.113. The fourth-order valence-corrected chi connectivity index (χ4v) is 3.29. The number of thiocarbonyl (C=S) groups is 1. The van der Waals surface area contributed by atoms with Gasteiger partial charge in [0.05, 0.1) is 10.7 Å². The summed E-state index contributed by atoms with van der Waals surface area (Å²) >= 11 is 17.2. The van der Waals surface area contributed by atoms with Crippen LogP contribution in [0.5, 0.6) is 5.75 Å². The summed E-state index contributed by atoms with van der Waals surface area (Å²) in [4.78, 5) is 14.2. The second-order valence-electron chi connectivity index (χ2n) is 5.72. The molecule has 1 fully saturated rings. The lowest BCUT2D eigenvalue weighted by atomic mass is 10.1. The molecule has 3 rings (SSSR count). The van der Waals surface area contributed by atoms with Crippen molar-refractivity contribution in [2.24, 2.45) is 0 Å². The van der Waals surface area contributed by atoms with Gasteiger partial charge in [-0.1, -0.05) is 29.3 Å². The first-order valence-corrected chi connectivity index (χ1v) is 8.56. The zero-order chi connectivity index (χ0) is 18.3. The number of anilines is 1. The van der Waals surface area contributed by atoms with Crippen molar-refractivity contribution in [3.8, 4) is 5.75 Å². The van der Waals surface area contributed by atoms with Crippen LogP contribution in [0.15, 0.2) is 36.0 Å². The van der Waals surface area contributed by atoms with Crippen LogP contribution in [0, 0.1) is 13.8 Å². The number of carbonyl (C=O) groups excluding carboxylic acids is 1. The summed E-state index contributed by atoms with van der Waals surface area (Å²) in [7, 11) is 0. The summed E-state index contributed by atoms with van der Waals surface area (Å²) in [6.45, 7) is 3.97. The smallest absolute Gasteiger partial charge is 0.281 e. The van der Waals surface area contributed by atoms with Gasteiger partial charge in [0.2, 0.25) is 0 Å². The molecule has 2 aromatic carbocycles. The molecule has 0 unspecified atom stereocenters. The van der Waals surface area contributed by atoms with Gasteiger partial charge in [-0.3, -0.25) is 9.69 Å². The predicted octanol–water partition coefficient (Wildman–Crippen LogP) is 4.58. The van der Waals surface area contributed by atoms with Crippen molar-refractivity contribution in [2.75, 3.05) is 4.90 Å². The molecule has 0 bridgehead atoms. The Hall–Kier alpha value is -2.08. The minimum absolute atomic E-state index is 0.110. The predicted molar refractivity (Wildman–Crippen MR) is 105 cm³/mol. The molecule has 0 aliphatic carbocycles. The third-order valence-electron chi connectivity index (χ3n) is 3.98. The van der Waals surface area contributed by atoms with E-state index in [0.29, 0.717) is 16.3 Å². The molecule has 2 aromatic rings. The molecule has 1 heterocycles. The van der Waals surface area contributed by atoms with Gasteiger partial charge in [-0.05, 0) is 67.5 Å². The van der Waals surface area contributed by atoms with Gasteiger partial charge in [0, 0.05) is 10.6 Å². The first-order chi connectivity index (χ1) is 11.8. The molecular weight excluding hydrogens is 379 g/mol. The minimum Gasteiger partial charge on any atom is -0.506 e. The Kier molecular flexibility index (Phi) is 4.73. The molecule has 1 aliphatic rings. The average molecular weight is 393 g/mol. The van der Waals surface area contributed by atoms with Crippen LogP contribution in [-0.4, -0.2) is 16.1 Å². The van der Waals surface area contributed by atoms with E-state index in [1.54, 1.807) is 0 Å². The van der Waals surface area contributed by atoms with Crippen molar-refractivity contribution >= 4 is 58.2 Å². The summed E-state index contributed by atoms with van der Waals surface area (Å²) in [6, 6.07) is 8.62. The molecule has 0 aromatic heterocycles. The number of halogens is 2. The maximum atomic E-state index is 12.8. The number of phenolic OH excluding ortho intramolecular Hbond substituents is 1. The van der Waals surface area contributed by atoms with E-state index in [2.05, 4.69) is 5.32 Å². The van der Waals surface area contributed by atoms with E-state index in [0.717, 1.165) is 11.1 Å². The van der Waals surface area contributed by atoms with Gasteiger partial charge in [0.1, 0.15) is 11.4 Å². The summed E-state index contributed by atoms with van der Waals surface area (Å²) in [6.07, 6.45) is 1.47. The van der Waals surface area contributed by atoms with E-state index in [1.807, 2.05) is 32.0 Å². The summed E-state index contributed by atoms with van der Waals surface area (Å²) in [5, 5.41) is 13.7. The van der Waals surface area contributed by atoms with Gasteiger partial charge in [-0.2, -0.15) is 0 Å². The largest absolute Gasteiger partial charge is 0.506 e. The Morgan fingerprint density at radius 1 is 1.16 bits per heavy atom. The molecule has 1 amide bonds. The van der Waals surface area contributed by atoms with Crippen molar-refractivity contribution in [1.29, 1.82) is 0 Å². The van der Waals surface area contributed by atoms with Crippen molar-refractivity contribution in [3.05, 3.63) is 62.8 Å². The molecule has 0 saturated carbocycles. The molecule has 7 heteroatoms. The van der Waals surface area contributed by atoms with Crippen molar-refractivity contribution < 1.29 is 9.90 Å². The monoisotopic (exact) mass is 392 g/mol. The maximum Gasteiger partial charge on any atom is 0.281 e. The summed E-state index contributed by atoms with van der Waals surface area (Å²) in [5.41, 5.74) is 3.44. The molecule has 1 aliphatic heterocycles. The van der Waals surface area contributed by atoms with E-state index >= 15 is 0 Å². The van der Waals surface area contributed by atoms with Crippen LogP contribution in [0.4, 0.5) is 5.69 Å². The average Bonchev–Trinajstić information content (AvgIpc) is 2.81. The Bertz CT molecular complexity index is 941. The molecule has 128 valence electrons. The van der Waals surface area contributed by atoms with Gasteiger partial charge < -0.3 is 10.4 Å². The van der Waals surface area contributed by atoms with Crippen LogP contribution in [-0.2, 0) is 4.79 Å². The van der Waals surface area contributed by atoms with Crippen LogP contribution >= 0.6 is 35.4 Å². The van der Waals surface area contributed by atoms with Crippen LogP contribution in [0.2, 0.25) is 10.0 Å². The SMILES string of the molecule is Cc1ccc(N2C(=O)/C(=C/c3cc(Cl)cc(Cl)c3O)NC2=S)cc1C. The van der Waals surface area contributed by atoms with Gasteiger partial charge in [-0.15, -0.1) is 0 Å². The second kappa shape index (κ2) is 6.67. The molecule has 25 heavy (non-hydrogen) atoms. The van der Waals surface area contributed by atoms with Crippen molar-refractivity contribution in [1.82, 2.24) is 5.32 Å². The molecule has 0 radical (unpaired) electrons. The first-order valence-electron chi connectivity index (χ1n) is 7.40. The third-order valence-corrected chi connectivity index (χ3v) is 4.78. The number of carbonyl (C=O) groups is 1. The van der Waals surface area contributed by atoms with Gasteiger partial charge in [0.25, 0.3) is 5.91 Å². The Balaban J connectivity index is 2.00. The Morgan fingerprint density at radius 2 is 1.88 bits per heavy atom. The van der Waals surface area contributed by atoms with E-state index in [9.17, 15) is 9.90 Å². The number of hydrogen-bond donors (Lipinski definition) is 2. The van der Waals surface area contributed by atoms with E-state index in [4.69, 9.17) is 35.4 Å². The van der Waals surface area contributed by atoms with E-state index in [1.165, 1.54) is 23.1 Å². The number of amides is 1. The topological polar surface area (TPSA) is 52.6 Å². The quantitative estimate of drug-likeness (QED) is 0.580. The highest BCUT2D eigenvalue weighted by Gasteiger charge is 2.32. The lowest BCUT2D eigenvalue weighted by Crippen LogP contribution is -2.30. The highest BCUT2D eigenvalue weighted by molar-refractivity contribution is 7.80. The lowest BCUT2D eigenvalue weighted by Gasteiger charge is -2.15. The fourth-order valence-electron chi connectivity index (χ4n) is 2.49. The zero-order valence-electron chi connectivity index (χ0n) is 13.4. The van der Waals surface area contributed by atoms with Crippen LogP contribution < -0.4 is 10.2 Å². The second-order valence-corrected chi connectivity index (χ2v) is 6.95. The number of hydrogen-bond acceptors (Lipinski definition) is 3. The van der Waals surface area contributed by atoms with Crippen LogP contribution in [0.3, 0.4) is 0 Å². The molecule has 4 nitrogen and oxygen atoms in total. The van der Waals surface area contributed by atoms with Crippen molar-refractivity contribution in [3.63, 3.8) is 0 Å². The summed E-state index contributed by atoms with van der Waals surface area (Å²) < 4.78 is 0. The number of rotatable bonds is 2. The Labute approximate surface area is 160 Å². The normalized spacial score (nSPS) is 15.8. The number of aryl methyl sites for hydroxylation is 2. The highest BCUT2D eigenvalue weighted by atomic mass is 35.5. The number of aromatic hydroxyl groups is 1. The van der Waals surface area contributed by atoms with E-state index in [-0.39, 0.29) is 27.5 Å². The van der Waals surface area contributed by atoms with Crippen LogP contribution in [0.1, 0.15) is 16.7 Å². The fraction of sp³-hybridized carbons (Fsp3) is 0.111. The third kappa shape index (κ3) is 3.35. The molecular formula is C18H14Cl2N2O2S. The van der Waals surface area contributed by atoms with Gasteiger partial charge in [0.15, 0.2) is 5.11 Å². The molecule has 0 spiro atoms. The number of nitrogens with one attached hydrogen (secondary N) is 1. The van der Waals surface area contributed by atoms with E-state index < -0.39 is 0 Å². The maximum absolute atomic E-state index is 12.8. The van der Waals surface area contributed by atoms with Crippen LogP contribution in [0.25, 0.3) is 6.08 Å². The zero-order valence-corrected chi connectivity index (χ0v) is 15.8.